The van der Waals surface area contributed by atoms with E-state index in [1.165, 1.54) is 24.5 Å². The molecule has 2 saturated heterocycles. The van der Waals surface area contributed by atoms with Gasteiger partial charge >= 0.3 is 19.5 Å². The van der Waals surface area contributed by atoms with E-state index in [0.29, 0.717) is 22.4 Å². The van der Waals surface area contributed by atoms with Crippen molar-refractivity contribution in [1.82, 2.24) is 28.9 Å². The first-order chi connectivity index (χ1) is 31.9. The minimum absolute atomic E-state index is 0. The normalized spacial score (nSPS) is 16.6. The molecule has 0 atom stereocenters. The summed E-state index contributed by atoms with van der Waals surface area (Å²) in [6.07, 6.45) is 10.0. The molecule has 342 valence electrons. The van der Waals surface area contributed by atoms with Crippen LogP contribution in [0.2, 0.25) is 0 Å². The quantitative estimate of drug-likeness (QED) is 0.152. The summed E-state index contributed by atoms with van der Waals surface area (Å²) in [6, 6.07) is 18.2. The Labute approximate surface area is 397 Å². The van der Waals surface area contributed by atoms with Crippen LogP contribution in [-0.4, -0.2) is 106 Å². The van der Waals surface area contributed by atoms with Gasteiger partial charge in [-0.1, -0.05) is 38.1 Å². The van der Waals surface area contributed by atoms with Crippen LogP contribution in [0.3, 0.4) is 0 Å². The Hall–Kier alpha value is -6.16. The van der Waals surface area contributed by atoms with E-state index < -0.39 is 45.6 Å². The molecule has 0 bridgehead atoms. The number of anilines is 2. The largest absolute Gasteiger partial charge is 2.00 e. The molecule has 0 unspecified atom stereocenters. The monoisotopic (exact) mass is 960 g/mol. The molecule has 2 saturated carbocycles. The van der Waals surface area contributed by atoms with Crippen molar-refractivity contribution in [3.8, 4) is 0 Å². The zero-order valence-corrected chi connectivity index (χ0v) is 40.6. The van der Waals surface area contributed by atoms with Crippen molar-refractivity contribution in [3.05, 3.63) is 129 Å². The number of fused-ring (bicyclic) bond motifs is 5. The number of carbonyl (C=O) groups excluding carboxylic acids is 2. The van der Waals surface area contributed by atoms with E-state index in [-0.39, 0.29) is 42.3 Å². The summed E-state index contributed by atoms with van der Waals surface area (Å²) in [4.78, 5) is 64.8. The molecule has 14 nitrogen and oxygen atoms in total. The Balaban J connectivity index is 0.000000141. The van der Waals surface area contributed by atoms with Gasteiger partial charge in [-0.2, -0.15) is 0 Å². The number of piperazine rings is 2. The number of nitrogens with zero attached hydrogens (tertiary/aromatic N) is 8. The summed E-state index contributed by atoms with van der Waals surface area (Å²) < 4.78 is 33.2. The summed E-state index contributed by atoms with van der Waals surface area (Å²) in [6.45, 7) is 12.5. The number of hydrogen-bond donors (Lipinski definition) is 0. The molecule has 6 heterocycles. The van der Waals surface area contributed by atoms with Crippen LogP contribution in [0.25, 0.3) is 43.6 Å². The van der Waals surface area contributed by atoms with Gasteiger partial charge in [0.1, 0.15) is 11.6 Å². The Morgan fingerprint density at radius 3 is 1.30 bits per heavy atom. The van der Waals surface area contributed by atoms with E-state index in [1.54, 1.807) is 33.7 Å². The van der Waals surface area contributed by atoms with Crippen LogP contribution in [-0.2, 0) is 19.5 Å². The van der Waals surface area contributed by atoms with E-state index in [2.05, 4.69) is 57.9 Å². The maximum absolute atomic E-state index is 14.8. The zero-order valence-electron chi connectivity index (χ0n) is 37.6. The van der Waals surface area contributed by atoms with Gasteiger partial charge in [0.25, 0.3) is 0 Å². The van der Waals surface area contributed by atoms with Crippen LogP contribution in [0.5, 0.6) is 0 Å². The maximum atomic E-state index is 14.8. The van der Waals surface area contributed by atoms with Gasteiger partial charge < -0.3 is 48.5 Å². The third-order valence-corrected chi connectivity index (χ3v) is 13.2. The van der Waals surface area contributed by atoms with Crippen molar-refractivity contribution in [3.63, 3.8) is 0 Å². The third kappa shape index (κ3) is 9.81. The molecule has 0 N–H and O–H groups in total. The second-order valence-corrected chi connectivity index (χ2v) is 17.3. The molecule has 7 aromatic rings. The molecular formula is C50H50F2N8O6Zn. The number of hydrogen-bond acceptors (Lipinski definition) is 12. The fourth-order valence-electron chi connectivity index (χ4n) is 9.09. The number of benzene rings is 3. The molecule has 0 amide bonds. The first-order valence-corrected chi connectivity index (χ1v) is 22.7. The molecular weight excluding hydrogens is 912 g/mol. The second kappa shape index (κ2) is 20.0. The molecule has 67 heavy (non-hydrogen) atoms. The van der Waals surface area contributed by atoms with Gasteiger partial charge in [0.15, 0.2) is 10.9 Å². The SMILES string of the molecule is CCN1CCN(c2cc3c(cc2F)c(=O)c(C(=O)[O-])cn3C2CC2)CC1.CCN1CCN(c2cc3c(cc2F)c(=O)c(C(=O)[O-])cn3C2CC2)CC1.[Zn+2].c1cnc2c(c1)ccc1cccnc12. The van der Waals surface area contributed by atoms with Gasteiger partial charge in [0.2, 0.25) is 0 Å². The molecule has 0 spiro atoms. The third-order valence-electron chi connectivity index (χ3n) is 13.2. The standard InChI is InChI=1S/2C19H22FN3O3.C12H8N2.Zn/c2*1-2-21-5-7-22(8-6-21)17-10-16-13(9-15(17)20)18(24)14(19(25)26)11-23(16)12-3-4-12;1-3-9-5-6-10-4-2-8-14-12(10)11(9)13-7-1;/h2*9-12H,2-8H2,1H3,(H,25,26);1-8H;/q;;;+2/p-2. The van der Waals surface area contributed by atoms with Crippen LogP contribution in [0.15, 0.2) is 95.0 Å². The number of carboxylic acid groups (broad SMARTS) is 2. The number of aromatic nitrogens is 4. The van der Waals surface area contributed by atoms with Crippen molar-refractivity contribution in [1.29, 1.82) is 0 Å². The van der Waals surface area contributed by atoms with E-state index in [9.17, 15) is 38.2 Å². The van der Waals surface area contributed by atoms with E-state index in [4.69, 9.17) is 0 Å². The molecule has 4 aliphatic rings. The summed E-state index contributed by atoms with van der Waals surface area (Å²) in [5.74, 6) is -4.02. The smallest absolute Gasteiger partial charge is 0.545 e. The minimum Gasteiger partial charge on any atom is -0.545 e. The molecule has 4 aromatic heterocycles. The molecule has 11 rings (SSSR count). The van der Waals surface area contributed by atoms with Gasteiger partial charge in [-0.05, 0) is 75.2 Å². The van der Waals surface area contributed by atoms with Gasteiger partial charge in [0.05, 0.1) is 56.5 Å². The van der Waals surface area contributed by atoms with E-state index in [0.717, 1.165) is 113 Å². The van der Waals surface area contributed by atoms with Crippen molar-refractivity contribution in [2.75, 3.05) is 75.2 Å². The molecule has 0 radical (unpaired) electrons. The number of pyridine rings is 4. The van der Waals surface area contributed by atoms with Crippen LogP contribution in [0.1, 0.15) is 72.3 Å². The fraction of sp³-hybridized carbons (Fsp3) is 0.360. The average Bonchev–Trinajstić information content (AvgIpc) is 4.28. The molecule has 17 heteroatoms. The molecule has 2 aliphatic heterocycles. The Bertz CT molecular complexity index is 2920. The Morgan fingerprint density at radius 1 is 0.597 bits per heavy atom. The van der Waals surface area contributed by atoms with Gasteiger partial charge in [-0.15, -0.1) is 0 Å². The van der Waals surface area contributed by atoms with Crippen molar-refractivity contribution >= 4 is 66.9 Å². The topological polar surface area (TPSA) is 163 Å². The summed E-state index contributed by atoms with van der Waals surface area (Å²) in [5, 5.41) is 25.1. The number of rotatable bonds is 8. The van der Waals surface area contributed by atoms with Gasteiger partial charge in [0, 0.05) is 111 Å². The summed E-state index contributed by atoms with van der Waals surface area (Å²) in [5.41, 5.74) is 1.91. The fourth-order valence-corrected chi connectivity index (χ4v) is 9.09. The Morgan fingerprint density at radius 2 is 0.970 bits per heavy atom. The minimum atomic E-state index is -1.52. The second-order valence-electron chi connectivity index (χ2n) is 17.3. The predicted octanol–water partition coefficient (Wildman–Crippen LogP) is 4.74. The first kappa shape index (κ1) is 47.3. The number of likely N-dealkylation sites (N-methyl/N-ethyl adjacent to an activating group) is 2. The van der Waals surface area contributed by atoms with E-state index in [1.807, 2.05) is 21.9 Å². The number of aromatic carboxylic acids is 2. The van der Waals surface area contributed by atoms with Crippen LogP contribution in [0.4, 0.5) is 20.2 Å². The van der Waals surface area contributed by atoms with Crippen LogP contribution < -0.4 is 30.9 Å². The predicted molar refractivity (Wildman–Crippen MR) is 247 cm³/mol. The summed E-state index contributed by atoms with van der Waals surface area (Å²) in [7, 11) is 0. The zero-order chi connectivity index (χ0) is 46.2. The van der Waals surface area contributed by atoms with E-state index >= 15 is 0 Å². The van der Waals surface area contributed by atoms with Crippen LogP contribution >= 0.6 is 0 Å². The molecule has 3 aromatic carbocycles. The maximum Gasteiger partial charge on any atom is 2.00 e. The number of carboxylic acids is 2. The van der Waals surface area contributed by atoms with Crippen molar-refractivity contribution < 1.29 is 48.1 Å². The average molecular weight is 962 g/mol. The van der Waals surface area contributed by atoms with Crippen molar-refractivity contribution in [2.24, 2.45) is 0 Å². The molecule has 4 fully saturated rings. The van der Waals surface area contributed by atoms with Gasteiger partial charge in [-0.3, -0.25) is 19.6 Å². The van der Waals surface area contributed by atoms with Crippen molar-refractivity contribution in [2.45, 2.75) is 51.6 Å². The molecule has 2 aliphatic carbocycles. The summed E-state index contributed by atoms with van der Waals surface area (Å²) >= 11 is 0. The van der Waals surface area contributed by atoms with Gasteiger partial charge in [-0.25, -0.2) is 8.78 Å². The van der Waals surface area contributed by atoms with Crippen LogP contribution in [0, 0.1) is 11.6 Å². The number of carbonyl (C=O) groups is 2. The number of halogens is 2. The first-order valence-electron chi connectivity index (χ1n) is 22.7. The Kier molecular flexibility index (Phi) is 14.1.